The predicted octanol–water partition coefficient (Wildman–Crippen LogP) is 1.53. The molecule has 0 bridgehead atoms. The molecule has 2 N–H and O–H groups in total. The number of methoxy groups -OCH3 is 1. The number of rotatable bonds is 7. The summed E-state index contributed by atoms with van der Waals surface area (Å²) in [6.45, 7) is 14.2. The van der Waals surface area contributed by atoms with Gasteiger partial charge in [0.1, 0.15) is 0 Å². The summed E-state index contributed by atoms with van der Waals surface area (Å²) >= 11 is 0. The zero-order chi connectivity index (χ0) is 19.2. The molecule has 158 valence electrons. The van der Waals surface area contributed by atoms with Crippen molar-refractivity contribution in [2.24, 2.45) is 10.4 Å². The normalized spacial score (nSPS) is 20.0. The Balaban J connectivity index is 0.00000364. The van der Waals surface area contributed by atoms with Gasteiger partial charge >= 0.3 is 0 Å². The summed E-state index contributed by atoms with van der Waals surface area (Å²) in [6, 6.07) is 0.438. The molecule has 1 saturated heterocycles. The molecule has 1 atom stereocenters. The first-order chi connectivity index (χ1) is 12.3. The minimum atomic E-state index is 0. The van der Waals surface area contributed by atoms with Gasteiger partial charge < -0.3 is 20.3 Å². The monoisotopic (exact) mass is 495 g/mol. The summed E-state index contributed by atoms with van der Waals surface area (Å²) in [5.74, 6) is 1.11. The molecule has 7 nitrogen and oxygen atoms in total. The van der Waals surface area contributed by atoms with Crippen molar-refractivity contribution < 1.29 is 9.53 Å². The summed E-state index contributed by atoms with van der Waals surface area (Å²) in [5.41, 5.74) is 0.0587. The van der Waals surface area contributed by atoms with Gasteiger partial charge in [-0.3, -0.25) is 14.7 Å². The quantitative estimate of drug-likeness (QED) is 0.319. The molecule has 8 heteroatoms. The van der Waals surface area contributed by atoms with Crippen LogP contribution in [0, 0.1) is 5.41 Å². The van der Waals surface area contributed by atoms with Gasteiger partial charge in [0.25, 0.3) is 0 Å². The second-order valence-corrected chi connectivity index (χ2v) is 8.39. The molecule has 0 aromatic heterocycles. The minimum Gasteiger partial charge on any atom is -0.379 e. The van der Waals surface area contributed by atoms with Gasteiger partial charge in [0.2, 0.25) is 5.91 Å². The van der Waals surface area contributed by atoms with Crippen molar-refractivity contribution in [1.29, 1.82) is 0 Å². The third kappa shape index (κ3) is 8.51. The SMILES string of the molecule is CCNC(=NCC(OC)C(C)(C)C)N1CCN(CC(=O)NC2CC2)CC1.I. The Morgan fingerprint density at radius 2 is 1.85 bits per heavy atom. The summed E-state index contributed by atoms with van der Waals surface area (Å²) in [5, 5.41) is 6.46. The number of ether oxygens (including phenoxy) is 1. The summed E-state index contributed by atoms with van der Waals surface area (Å²) < 4.78 is 5.62. The van der Waals surface area contributed by atoms with Crippen LogP contribution < -0.4 is 10.6 Å². The molecule has 1 aliphatic carbocycles. The summed E-state index contributed by atoms with van der Waals surface area (Å²) in [7, 11) is 1.75. The molecule has 1 amide bonds. The van der Waals surface area contributed by atoms with E-state index in [9.17, 15) is 4.79 Å². The maximum atomic E-state index is 12.0. The number of halogens is 1. The van der Waals surface area contributed by atoms with Crippen LogP contribution in [0.1, 0.15) is 40.5 Å². The maximum absolute atomic E-state index is 12.0. The zero-order valence-corrected chi connectivity index (χ0v) is 19.9. The lowest BCUT2D eigenvalue weighted by atomic mass is 9.89. The number of carbonyl (C=O) groups excluding carboxylic acids is 1. The van der Waals surface area contributed by atoms with E-state index in [4.69, 9.17) is 9.73 Å². The smallest absolute Gasteiger partial charge is 0.234 e. The Morgan fingerprint density at radius 3 is 2.33 bits per heavy atom. The van der Waals surface area contributed by atoms with Crippen LogP contribution in [0.25, 0.3) is 0 Å². The number of piperazine rings is 1. The van der Waals surface area contributed by atoms with Crippen LogP contribution in [-0.2, 0) is 9.53 Å². The lowest BCUT2D eigenvalue weighted by molar-refractivity contribution is -0.122. The van der Waals surface area contributed by atoms with Crippen LogP contribution in [0.3, 0.4) is 0 Å². The Hall–Kier alpha value is -0.610. The highest BCUT2D eigenvalue weighted by Gasteiger charge is 2.27. The average Bonchev–Trinajstić information content (AvgIpc) is 3.38. The van der Waals surface area contributed by atoms with Gasteiger partial charge in [0, 0.05) is 45.9 Å². The van der Waals surface area contributed by atoms with Gasteiger partial charge in [-0.05, 0) is 25.2 Å². The Labute approximate surface area is 181 Å². The van der Waals surface area contributed by atoms with Crippen molar-refractivity contribution in [3.8, 4) is 0 Å². The molecule has 1 saturated carbocycles. The fourth-order valence-corrected chi connectivity index (χ4v) is 3.12. The van der Waals surface area contributed by atoms with Crippen molar-refractivity contribution >= 4 is 35.8 Å². The number of carbonyl (C=O) groups is 1. The van der Waals surface area contributed by atoms with Gasteiger partial charge in [-0.15, -0.1) is 24.0 Å². The lowest BCUT2D eigenvalue weighted by Gasteiger charge is -2.36. The van der Waals surface area contributed by atoms with Gasteiger partial charge in [-0.1, -0.05) is 20.8 Å². The first kappa shape index (κ1) is 24.4. The topological polar surface area (TPSA) is 69.2 Å². The number of aliphatic imine (C=N–C) groups is 1. The average molecular weight is 495 g/mol. The molecule has 0 radical (unpaired) electrons. The first-order valence-electron chi connectivity index (χ1n) is 9.91. The molecular formula is C19H38IN5O2. The zero-order valence-electron chi connectivity index (χ0n) is 17.6. The molecule has 0 aromatic carbocycles. The minimum absolute atomic E-state index is 0. The molecular weight excluding hydrogens is 457 g/mol. The van der Waals surface area contributed by atoms with E-state index in [1.165, 1.54) is 0 Å². The third-order valence-corrected chi connectivity index (χ3v) is 4.97. The second-order valence-electron chi connectivity index (χ2n) is 8.39. The van der Waals surface area contributed by atoms with Gasteiger partial charge in [-0.2, -0.15) is 0 Å². The van der Waals surface area contributed by atoms with Crippen molar-refractivity contribution in [3.63, 3.8) is 0 Å². The molecule has 2 aliphatic rings. The number of hydrogen-bond donors (Lipinski definition) is 2. The van der Waals surface area contributed by atoms with Crippen LogP contribution in [-0.4, -0.2) is 86.7 Å². The van der Waals surface area contributed by atoms with Crippen molar-refractivity contribution in [2.45, 2.75) is 52.7 Å². The molecule has 2 rings (SSSR count). The Bertz CT molecular complexity index is 483. The van der Waals surface area contributed by atoms with Gasteiger partial charge in [0.05, 0.1) is 19.2 Å². The van der Waals surface area contributed by atoms with Crippen molar-refractivity contribution in [3.05, 3.63) is 0 Å². The van der Waals surface area contributed by atoms with Crippen LogP contribution in [0.2, 0.25) is 0 Å². The Morgan fingerprint density at radius 1 is 1.22 bits per heavy atom. The number of nitrogens with zero attached hydrogens (tertiary/aromatic N) is 3. The van der Waals surface area contributed by atoms with E-state index < -0.39 is 0 Å². The van der Waals surface area contributed by atoms with Crippen LogP contribution in [0.15, 0.2) is 4.99 Å². The highest BCUT2D eigenvalue weighted by molar-refractivity contribution is 14.0. The molecule has 1 aliphatic heterocycles. The first-order valence-corrected chi connectivity index (χ1v) is 9.91. The number of guanidine groups is 1. The number of hydrogen-bond acceptors (Lipinski definition) is 4. The Kier molecular flexibility index (Phi) is 10.3. The second kappa shape index (κ2) is 11.4. The molecule has 1 unspecified atom stereocenters. The van der Waals surface area contributed by atoms with Gasteiger partial charge in [0.15, 0.2) is 5.96 Å². The lowest BCUT2D eigenvalue weighted by Crippen LogP contribution is -2.54. The predicted molar refractivity (Wildman–Crippen MR) is 121 cm³/mol. The molecule has 1 heterocycles. The highest BCUT2D eigenvalue weighted by atomic mass is 127. The van der Waals surface area contributed by atoms with E-state index in [0.29, 0.717) is 19.1 Å². The third-order valence-electron chi connectivity index (χ3n) is 4.97. The van der Waals surface area contributed by atoms with Gasteiger partial charge in [-0.25, -0.2) is 0 Å². The number of nitrogens with one attached hydrogen (secondary N) is 2. The van der Waals surface area contributed by atoms with E-state index in [1.807, 2.05) is 0 Å². The van der Waals surface area contributed by atoms with E-state index in [1.54, 1.807) is 7.11 Å². The van der Waals surface area contributed by atoms with E-state index in [0.717, 1.165) is 51.5 Å². The molecule has 2 fully saturated rings. The van der Waals surface area contributed by atoms with E-state index in [-0.39, 0.29) is 41.4 Å². The van der Waals surface area contributed by atoms with E-state index in [2.05, 4.69) is 48.1 Å². The summed E-state index contributed by atoms with van der Waals surface area (Å²) in [6.07, 6.45) is 2.36. The van der Waals surface area contributed by atoms with Crippen molar-refractivity contribution in [1.82, 2.24) is 20.4 Å². The molecule has 0 aromatic rings. The number of amides is 1. The molecule has 27 heavy (non-hydrogen) atoms. The standard InChI is InChI=1S/C19H37N5O2.HI/c1-6-20-18(21-13-16(26-5)19(2,3)4)24-11-9-23(10-12-24)14-17(25)22-15-7-8-15;/h15-16H,6-14H2,1-5H3,(H,20,21)(H,22,25);1H. The molecule has 0 spiro atoms. The van der Waals surface area contributed by atoms with E-state index >= 15 is 0 Å². The van der Waals surface area contributed by atoms with Crippen LogP contribution >= 0.6 is 24.0 Å². The van der Waals surface area contributed by atoms with Crippen LogP contribution in [0.4, 0.5) is 0 Å². The fraction of sp³-hybridized carbons (Fsp3) is 0.895. The summed E-state index contributed by atoms with van der Waals surface area (Å²) in [4.78, 5) is 21.3. The largest absolute Gasteiger partial charge is 0.379 e. The van der Waals surface area contributed by atoms with Crippen molar-refractivity contribution in [2.75, 3.05) is 52.9 Å². The fourth-order valence-electron chi connectivity index (χ4n) is 3.12. The highest BCUT2D eigenvalue weighted by Crippen LogP contribution is 2.22. The maximum Gasteiger partial charge on any atom is 0.234 e. The van der Waals surface area contributed by atoms with Crippen LogP contribution in [0.5, 0.6) is 0 Å².